The van der Waals surface area contributed by atoms with E-state index in [0.29, 0.717) is 5.65 Å². The number of thiophene rings is 1. The Labute approximate surface area is 125 Å². The fraction of sp³-hybridized carbons (Fsp3) is 0. The Hall–Kier alpha value is -1.77. The van der Waals surface area contributed by atoms with Gasteiger partial charge in [-0.2, -0.15) is 0 Å². The lowest BCUT2D eigenvalue weighted by Crippen LogP contribution is -1.89. The van der Waals surface area contributed by atoms with E-state index in [9.17, 15) is 0 Å². The van der Waals surface area contributed by atoms with Crippen molar-refractivity contribution in [2.45, 2.75) is 10.1 Å². The molecular formula is C11H5ClN6S2. The van der Waals surface area contributed by atoms with E-state index < -0.39 is 0 Å². The van der Waals surface area contributed by atoms with E-state index in [2.05, 4.69) is 29.9 Å². The van der Waals surface area contributed by atoms with Crippen molar-refractivity contribution in [3.8, 4) is 0 Å². The molecule has 0 unspecified atom stereocenters. The number of nitrogens with zero attached hydrogens (tertiary/aromatic N) is 5. The second kappa shape index (κ2) is 4.65. The molecule has 0 saturated carbocycles. The van der Waals surface area contributed by atoms with Crippen molar-refractivity contribution < 1.29 is 0 Å². The maximum absolute atomic E-state index is 5.96. The Morgan fingerprint density at radius 2 is 2.10 bits per heavy atom. The highest BCUT2D eigenvalue weighted by Gasteiger charge is 2.13. The summed E-state index contributed by atoms with van der Waals surface area (Å²) in [6.45, 7) is 0. The van der Waals surface area contributed by atoms with E-state index in [-0.39, 0.29) is 5.28 Å². The van der Waals surface area contributed by atoms with Crippen molar-refractivity contribution in [3.05, 3.63) is 29.4 Å². The van der Waals surface area contributed by atoms with Gasteiger partial charge in [-0.3, -0.25) is 0 Å². The number of nitrogens with one attached hydrogen (secondary N) is 1. The molecule has 6 nitrogen and oxygen atoms in total. The molecule has 0 aromatic carbocycles. The predicted octanol–water partition coefficient (Wildman–Crippen LogP) is 3.16. The minimum atomic E-state index is 0.234. The van der Waals surface area contributed by atoms with Crippen LogP contribution in [-0.2, 0) is 0 Å². The van der Waals surface area contributed by atoms with Crippen molar-refractivity contribution >= 4 is 56.1 Å². The van der Waals surface area contributed by atoms with Crippen molar-refractivity contribution in [2.75, 3.05) is 0 Å². The lowest BCUT2D eigenvalue weighted by atomic mass is 10.4. The average Bonchev–Trinajstić information content (AvgIpc) is 3.06. The summed E-state index contributed by atoms with van der Waals surface area (Å²) in [5, 5.41) is 4.70. The zero-order chi connectivity index (χ0) is 13.5. The van der Waals surface area contributed by atoms with Gasteiger partial charge in [-0.05, 0) is 34.8 Å². The quantitative estimate of drug-likeness (QED) is 0.451. The molecule has 9 heteroatoms. The van der Waals surface area contributed by atoms with Crippen LogP contribution in [0.3, 0.4) is 0 Å². The zero-order valence-electron chi connectivity index (χ0n) is 9.74. The monoisotopic (exact) mass is 320 g/mol. The summed E-state index contributed by atoms with van der Waals surface area (Å²) >= 11 is 8.91. The van der Waals surface area contributed by atoms with Crippen molar-refractivity contribution in [3.63, 3.8) is 0 Å². The third-order valence-corrected chi connectivity index (χ3v) is 4.63. The normalized spacial score (nSPS) is 11.4. The maximum Gasteiger partial charge on any atom is 0.224 e. The number of imidazole rings is 1. The molecular weight excluding hydrogens is 316 g/mol. The summed E-state index contributed by atoms with van der Waals surface area (Å²) in [6.07, 6.45) is 3.08. The number of aromatic nitrogens is 6. The first-order valence-corrected chi connectivity index (χ1v) is 7.61. The third-order valence-electron chi connectivity index (χ3n) is 2.64. The lowest BCUT2D eigenvalue weighted by Gasteiger charge is -2.02. The highest BCUT2D eigenvalue weighted by atomic mass is 35.5. The van der Waals surface area contributed by atoms with Gasteiger partial charge < -0.3 is 4.98 Å². The number of fused-ring (bicyclic) bond motifs is 2. The van der Waals surface area contributed by atoms with Crippen molar-refractivity contribution in [1.29, 1.82) is 0 Å². The van der Waals surface area contributed by atoms with Crippen LogP contribution in [0.1, 0.15) is 0 Å². The number of halogens is 1. The molecule has 4 aromatic rings. The molecule has 0 amide bonds. The molecule has 0 atom stereocenters. The first-order chi connectivity index (χ1) is 9.81. The van der Waals surface area contributed by atoms with Gasteiger partial charge in [0.1, 0.15) is 26.7 Å². The summed E-state index contributed by atoms with van der Waals surface area (Å²) in [5.41, 5.74) is 1.42. The smallest absolute Gasteiger partial charge is 0.224 e. The highest BCUT2D eigenvalue weighted by Crippen LogP contribution is 2.35. The van der Waals surface area contributed by atoms with Gasteiger partial charge in [-0.1, -0.05) is 0 Å². The van der Waals surface area contributed by atoms with E-state index in [0.717, 1.165) is 25.8 Å². The van der Waals surface area contributed by atoms with E-state index in [1.807, 2.05) is 11.4 Å². The van der Waals surface area contributed by atoms with Crippen LogP contribution in [0, 0.1) is 0 Å². The molecule has 4 heterocycles. The lowest BCUT2D eigenvalue weighted by molar-refractivity contribution is 1.06. The van der Waals surface area contributed by atoms with Gasteiger partial charge in [0, 0.05) is 5.39 Å². The molecule has 0 aliphatic heterocycles. The fourth-order valence-electron chi connectivity index (χ4n) is 1.79. The second-order valence-corrected chi connectivity index (χ2v) is 6.03. The molecule has 0 radical (unpaired) electrons. The Morgan fingerprint density at radius 1 is 1.15 bits per heavy atom. The zero-order valence-corrected chi connectivity index (χ0v) is 12.1. The van der Waals surface area contributed by atoms with Gasteiger partial charge in [0.2, 0.25) is 5.28 Å². The molecule has 0 bridgehead atoms. The first-order valence-electron chi connectivity index (χ1n) is 5.54. The largest absolute Gasteiger partial charge is 0.341 e. The summed E-state index contributed by atoms with van der Waals surface area (Å²) in [6, 6.07) is 1.98. The Bertz CT molecular complexity index is 917. The fourth-order valence-corrected chi connectivity index (χ4v) is 3.83. The minimum Gasteiger partial charge on any atom is -0.341 e. The highest BCUT2D eigenvalue weighted by molar-refractivity contribution is 7.99. The van der Waals surface area contributed by atoms with Crippen LogP contribution in [0.2, 0.25) is 5.28 Å². The average molecular weight is 321 g/mol. The van der Waals surface area contributed by atoms with Crippen LogP contribution in [0.25, 0.3) is 21.4 Å². The van der Waals surface area contributed by atoms with Crippen LogP contribution < -0.4 is 0 Å². The number of hydrogen-bond acceptors (Lipinski definition) is 7. The van der Waals surface area contributed by atoms with Crippen LogP contribution >= 0.6 is 34.7 Å². The Balaban J connectivity index is 1.88. The van der Waals surface area contributed by atoms with Crippen molar-refractivity contribution in [2.24, 2.45) is 0 Å². The molecule has 0 aliphatic carbocycles. The van der Waals surface area contributed by atoms with E-state index in [1.165, 1.54) is 29.4 Å². The predicted molar refractivity (Wildman–Crippen MR) is 78.2 cm³/mol. The summed E-state index contributed by atoms with van der Waals surface area (Å²) in [7, 11) is 0. The molecule has 0 fully saturated rings. The molecule has 0 aliphatic rings. The van der Waals surface area contributed by atoms with Crippen LogP contribution in [0.15, 0.2) is 34.2 Å². The number of rotatable bonds is 2. The van der Waals surface area contributed by atoms with Crippen LogP contribution in [0.4, 0.5) is 0 Å². The van der Waals surface area contributed by atoms with Crippen molar-refractivity contribution in [1.82, 2.24) is 29.9 Å². The van der Waals surface area contributed by atoms with Gasteiger partial charge in [-0.25, -0.2) is 24.9 Å². The first kappa shape index (κ1) is 12.0. The van der Waals surface area contributed by atoms with Crippen LogP contribution in [-0.4, -0.2) is 29.9 Å². The van der Waals surface area contributed by atoms with E-state index >= 15 is 0 Å². The maximum atomic E-state index is 5.96. The minimum absolute atomic E-state index is 0.234. The standard InChI is InChI=1S/C11H5ClN6S2/c12-11-17-8-5(1-2-19-8)9(18-11)20-10-6-7(14-3-13-6)15-4-16-10/h1-4H,(H,13,14,15,16). The van der Waals surface area contributed by atoms with E-state index in [1.54, 1.807) is 6.33 Å². The third kappa shape index (κ3) is 1.92. The van der Waals surface area contributed by atoms with Gasteiger partial charge in [0.25, 0.3) is 0 Å². The van der Waals surface area contributed by atoms with Gasteiger partial charge in [0.05, 0.1) is 6.33 Å². The summed E-state index contributed by atoms with van der Waals surface area (Å²) in [4.78, 5) is 24.9. The molecule has 98 valence electrons. The number of aromatic amines is 1. The molecule has 1 N–H and O–H groups in total. The summed E-state index contributed by atoms with van der Waals surface area (Å²) < 4.78 is 0. The Morgan fingerprint density at radius 3 is 3.05 bits per heavy atom. The summed E-state index contributed by atoms with van der Waals surface area (Å²) in [5.74, 6) is 0. The number of hydrogen-bond donors (Lipinski definition) is 1. The topological polar surface area (TPSA) is 80.2 Å². The molecule has 20 heavy (non-hydrogen) atoms. The van der Waals surface area contributed by atoms with Gasteiger partial charge >= 0.3 is 0 Å². The second-order valence-electron chi connectivity index (χ2n) is 3.82. The van der Waals surface area contributed by atoms with Crippen LogP contribution in [0.5, 0.6) is 0 Å². The Kier molecular flexibility index (Phi) is 2.79. The van der Waals surface area contributed by atoms with E-state index in [4.69, 9.17) is 11.6 Å². The molecule has 0 spiro atoms. The molecule has 0 saturated heterocycles. The molecule has 4 rings (SSSR count). The molecule has 4 aromatic heterocycles. The van der Waals surface area contributed by atoms with Gasteiger partial charge in [0.15, 0.2) is 5.65 Å². The number of H-pyrrole nitrogens is 1. The van der Waals surface area contributed by atoms with Gasteiger partial charge in [-0.15, -0.1) is 11.3 Å². The SMILES string of the molecule is Clc1nc(Sc2ncnc3nc[nH]c23)c2ccsc2n1.